The lowest BCUT2D eigenvalue weighted by molar-refractivity contribution is -0.157. The first-order valence-corrected chi connectivity index (χ1v) is 13.8. The highest BCUT2D eigenvalue weighted by molar-refractivity contribution is 6.63. The van der Waals surface area contributed by atoms with Gasteiger partial charge in [-0.05, 0) is 37.6 Å². The Bertz CT molecular complexity index is 1780. The van der Waals surface area contributed by atoms with Gasteiger partial charge in [0.05, 0.1) is 23.9 Å². The number of aromatic nitrogens is 6. The molecule has 0 saturated heterocycles. The Balaban J connectivity index is 1.31. The van der Waals surface area contributed by atoms with Crippen LogP contribution in [-0.2, 0) is 14.9 Å². The molecule has 3 N–H and O–H groups in total. The molecule has 5 heterocycles. The van der Waals surface area contributed by atoms with Gasteiger partial charge < -0.3 is 29.6 Å². The van der Waals surface area contributed by atoms with Gasteiger partial charge in [0.2, 0.25) is 11.8 Å². The number of anilines is 3. The number of alkyl halides is 3. The van der Waals surface area contributed by atoms with Crippen molar-refractivity contribution in [2.45, 2.75) is 31.7 Å². The minimum Gasteiger partial charge on any atom is -0.398 e. The molecule has 45 heavy (non-hydrogen) atoms. The van der Waals surface area contributed by atoms with Crippen LogP contribution in [0.5, 0.6) is 0 Å². The lowest BCUT2D eigenvalue weighted by Gasteiger charge is -2.20. The largest absolute Gasteiger partial charge is 0.496 e. The summed E-state index contributed by atoms with van der Waals surface area (Å²) in [6.45, 7) is 1.68. The van der Waals surface area contributed by atoms with Crippen molar-refractivity contribution in [1.29, 1.82) is 0 Å². The van der Waals surface area contributed by atoms with Crippen molar-refractivity contribution in [2.75, 3.05) is 23.8 Å². The van der Waals surface area contributed by atoms with Crippen LogP contribution in [0.25, 0.3) is 22.8 Å². The lowest BCUT2D eigenvalue weighted by atomic mass is 9.80. The van der Waals surface area contributed by atoms with Crippen LogP contribution >= 0.6 is 0 Å². The zero-order valence-electron chi connectivity index (χ0n) is 24.0. The Hall–Kier alpha value is -4.93. The summed E-state index contributed by atoms with van der Waals surface area (Å²) >= 11 is 0. The third-order valence-corrected chi connectivity index (χ3v) is 6.85. The molecule has 4 aromatic heterocycles. The van der Waals surface area contributed by atoms with Crippen molar-refractivity contribution in [3.8, 4) is 22.8 Å². The number of benzene rings is 1. The highest BCUT2D eigenvalue weighted by Crippen LogP contribution is 2.33. The van der Waals surface area contributed by atoms with E-state index in [1.807, 2.05) is 30.3 Å². The zero-order chi connectivity index (χ0) is 31.6. The van der Waals surface area contributed by atoms with E-state index in [0.29, 0.717) is 33.9 Å². The second kappa shape index (κ2) is 12.2. The van der Waals surface area contributed by atoms with E-state index in [4.69, 9.17) is 13.8 Å². The van der Waals surface area contributed by atoms with Crippen LogP contribution in [0.1, 0.15) is 31.1 Å². The molecule has 16 heteroatoms. The van der Waals surface area contributed by atoms with E-state index in [1.165, 1.54) is 6.20 Å². The van der Waals surface area contributed by atoms with Gasteiger partial charge in [0.15, 0.2) is 0 Å². The molecule has 5 aromatic rings. The van der Waals surface area contributed by atoms with Gasteiger partial charge in [0.25, 0.3) is 5.89 Å². The lowest BCUT2D eigenvalue weighted by Crippen LogP contribution is -2.36. The van der Waals surface area contributed by atoms with Gasteiger partial charge in [-0.15, -0.1) is 0 Å². The van der Waals surface area contributed by atoms with Gasteiger partial charge in [-0.2, -0.15) is 23.1 Å². The number of hydrogen-bond acceptors (Lipinski definition) is 12. The molecule has 0 radical (unpaired) electrons. The fourth-order valence-corrected chi connectivity index (χ4v) is 4.75. The number of rotatable bonds is 10. The van der Waals surface area contributed by atoms with Crippen molar-refractivity contribution in [3.63, 3.8) is 0 Å². The maximum absolute atomic E-state index is 12.8. The highest BCUT2D eigenvalue weighted by Gasteiger charge is 2.45. The number of aliphatic hydroxyl groups excluding tert-OH is 1. The van der Waals surface area contributed by atoms with Gasteiger partial charge in [-0.1, -0.05) is 41.6 Å². The minimum absolute atomic E-state index is 0.132. The number of fused-ring (bicyclic) bond motifs is 1. The number of hydrogen-bond donors (Lipinski definition) is 3. The molecule has 1 aliphatic heterocycles. The fourth-order valence-electron chi connectivity index (χ4n) is 4.75. The Morgan fingerprint density at radius 1 is 1.02 bits per heavy atom. The molecule has 230 valence electrons. The van der Waals surface area contributed by atoms with Crippen LogP contribution in [0.4, 0.5) is 30.8 Å². The summed E-state index contributed by atoms with van der Waals surface area (Å²) in [4.78, 5) is 22.2. The molecule has 0 fully saturated rings. The molecule has 6 rings (SSSR count). The normalized spacial score (nSPS) is 14.7. The fraction of sp³-hybridized carbons (Fsp3) is 0.241. The Morgan fingerprint density at radius 2 is 1.84 bits per heavy atom. The SMILES string of the molecule is CC1(C)OB(OCC(F)(F)F)c2ccc(Nc3ncc(-c4nc(-c5cccnc5)no4)c(N[C@H](CO)c4ccccc4)n3)nc21. The second-order valence-corrected chi connectivity index (χ2v) is 10.6. The van der Waals surface area contributed by atoms with Gasteiger partial charge in [0, 0.05) is 29.6 Å². The number of nitrogens with zero attached hydrogens (tertiary/aromatic N) is 6. The number of halogens is 3. The second-order valence-electron chi connectivity index (χ2n) is 10.6. The molecule has 1 aromatic carbocycles. The average molecular weight is 618 g/mol. The van der Waals surface area contributed by atoms with Crippen LogP contribution in [0, 0.1) is 0 Å². The van der Waals surface area contributed by atoms with Gasteiger partial charge in [-0.3, -0.25) is 4.98 Å². The molecule has 0 spiro atoms. The van der Waals surface area contributed by atoms with Crippen molar-refractivity contribution in [1.82, 2.24) is 30.1 Å². The number of aliphatic hydroxyl groups is 1. The van der Waals surface area contributed by atoms with E-state index in [-0.39, 0.29) is 24.3 Å². The molecule has 0 unspecified atom stereocenters. The van der Waals surface area contributed by atoms with E-state index < -0.39 is 31.5 Å². The first kappa shape index (κ1) is 30.1. The van der Waals surface area contributed by atoms with E-state index in [9.17, 15) is 18.3 Å². The molecule has 0 saturated carbocycles. The van der Waals surface area contributed by atoms with E-state index in [0.717, 1.165) is 5.56 Å². The summed E-state index contributed by atoms with van der Waals surface area (Å²) in [5.41, 5.74) is 1.62. The van der Waals surface area contributed by atoms with Crippen molar-refractivity contribution < 1.29 is 32.1 Å². The molecule has 0 bridgehead atoms. The molecular formula is C29H26BF3N8O4. The maximum Gasteiger partial charge on any atom is 0.496 e. The molecular weight excluding hydrogens is 592 g/mol. The van der Waals surface area contributed by atoms with Crippen LogP contribution in [0.2, 0.25) is 0 Å². The van der Waals surface area contributed by atoms with Crippen LogP contribution in [0.3, 0.4) is 0 Å². The quantitative estimate of drug-likeness (QED) is 0.190. The minimum atomic E-state index is -4.50. The van der Waals surface area contributed by atoms with Gasteiger partial charge in [0.1, 0.15) is 23.8 Å². The first-order chi connectivity index (χ1) is 21.6. The summed E-state index contributed by atoms with van der Waals surface area (Å²) in [5, 5.41) is 20.6. The van der Waals surface area contributed by atoms with Crippen molar-refractivity contribution in [3.05, 3.63) is 84.4 Å². The zero-order valence-corrected chi connectivity index (χ0v) is 24.0. The summed E-state index contributed by atoms with van der Waals surface area (Å²) in [6.07, 6.45) is 0.223. The van der Waals surface area contributed by atoms with Crippen LogP contribution in [-0.4, -0.2) is 61.7 Å². The van der Waals surface area contributed by atoms with Crippen molar-refractivity contribution in [2.24, 2.45) is 0 Å². The summed E-state index contributed by atoms with van der Waals surface area (Å²) in [5.74, 6) is 1.18. The van der Waals surface area contributed by atoms with E-state index in [2.05, 4.69) is 40.7 Å². The Kier molecular flexibility index (Phi) is 8.18. The Morgan fingerprint density at radius 3 is 2.58 bits per heavy atom. The molecule has 0 amide bonds. The van der Waals surface area contributed by atoms with Gasteiger partial charge in [-0.25, -0.2) is 9.97 Å². The molecule has 1 aliphatic rings. The standard InChI is InChI=1S/C29H26BF3N8O4/c1-28(2)23-20(30(45-28)43-16-29(31,32)33)10-11-22(37-23)38-27-35-14-19(26-39-24(41-44-26)18-9-6-12-34-13-18)25(40-27)36-21(15-42)17-7-4-3-5-8-17/h3-14,21,42H,15-16H2,1-2H3,(H2,35,36,37,38,40)/t21-/m1/s1. The topological polar surface area (TPSA) is 153 Å². The molecule has 1 atom stereocenters. The van der Waals surface area contributed by atoms with Crippen molar-refractivity contribution >= 4 is 30.2 Å². The predicted molar refractivity (Wildman–Crippen MR) is 157 cm³/mol. The summed E-state index contributed by atoms with van der Waals surface area (Å²) in [7, 11) is -1.22. The van der Waals surface area contributed by atoms with Gasteiger partial charge >= 0.3 is 13.3 Å². The number of nitrogens with one attached hydrogen (secondary N) is 2. The average Bonchev–Trinajstić information content (AvgIpc) is 3.62. The van der Waals surface area contributed by atoms with E-state index in [1.54, 1.807) is 50.5 Å². The third kappa shape index (κ3) is 6.77. The third-order valence-electron chi connectivity index (χ3n) is 6.85. The Labute approximate surface area is 255 Å². The maximum atomic E-state index is 12.8. The monoisotopic (exact) mass is 618 g/mol. The summed E-state index contributed by atoms with van der Waals surface area (Å²) in [6, 6.07) is 15.5. The smallest absolute Gasteiger partial charge is 0.398 e. The molecule has 12 nitrogen and oxygen atoms in total. The summed E-state index contributed by atoms with van der Waals surface area (Å²) < 4.78 is 54.6. The predicted octanol–water partition coefficient (Wildman–Crippen LogP) is 4.41. The molecule has 0 aliphatic carbocycles. The highest BCUT2D eigenvalue weighted by atomic mass is 19.4. The van der Waals surface area contributed by atoms with E-state index >= 15 is 0 Å². The first-order valence-electron chi connectivity index (χ1n) is 13.8. The number of pyridine rings is 2. The van der Waals surface area contributed by atoms with Crippen LogP contribution in [0.15, 0.2) is 77.7 Å². The van der Waals surface area contributed by atoms with Crippen LogP contribution < -0.4 is 16.1 Å².